The van der Waals surface area contributed by atoms with E-state index in [1.807, 2.05) is 24.8 Å². The van der Waals surface area contributed by atoms with Gasteiger partial charge in [-0.25, -0.2) is 0 Å². The Labute approximate surface area is 127 Å². The van der Waals surface area contributed by atoms with E-state index in [-0.39, 0.29) is 17.9 Å². The van der Waals surface area contributed by atoms with Crippen LogP contribution in [-0.4, -0.2) is 25.1 Å². The lowest BCUT2D eigenvalue weighted by molar-refractivity contribution is -0.128. The van der Waals surface area contributed by atoms with Crippen LogP contribution in [0.5, 0.6) is 5.75 Å². The lowest BCUT2D eigenvalue weighted by Crippen LogP contribution is -2.48. The minimum absolute atomic E-state index is 0.0790. The molecule has 4 nitrogen and oxygen atoms in total. The van der Waals surface area contributed by atoms with Crippen LogP contribution in [-0.2, 0) is 11.2 Å². The van der Waals surface area contributed by atoms with Gasteiger partial charge in [0.1, 0.15) is 5.75 Å². The number of hydrogen-bond donors (Lipinski definition) is 1. The summed E-state index contributed by atoms with van der Waals surface area (Å²) in [6.07, 6.45) is 2.45. The molecule has 1 aliphatic rings. The quantitative estimate of drug-likeness (QED) is 0.876. The molecule has 0 bridgehead atoms. The highest BCUT2D eigenvalue weighted by Gasteiger charge is 2.35. The SMILES string of the molecule is CCCN1C(=O)C(C(C)C)Oc2ccc(CCCN)cc21. The summed E-state index contributed by atoms with van der Waals surface area (Å²) in [6, 6.07) is 6.15. The Morgan fingerprint density at radius 2 is 2.14 bits per heavy atom. The Balaban J connectivity index is 2.34. The molecule has 1 unspecified atom stereocenters. The van der Waals surface area contributed by atoms with Crippen molar-refractivity contribution >= 4 is 11.6 Å². The van der Waals surface area contributed by atoms with Crippen LogP contribution in [0.3, 0.4) is 0 Å². The molecule has 0 aliphatic carbocycles. The minimum Gasteiger partial charge on any atom is -0.478 e. The molecule has 0 radical (unpaired) electrons. The number of aryl methyl sites for hydroxylation is 1. The van der Waals surface area contributed by atoms with Crippen LogP contribution in [0.2, 0.25) is 0 Å². The highest BCUT2D eigenvalue weighted by atomic mass is 16.5. The largest absolute Gasteiger partial charge is 0.478 e. The second-order valence-electron chi connectivity index (χ2n) is 5.97. The predicted molar refractivity (Wildman–Crippen MR) is 85.7 cm³/mol. The van der Waals surface area contributed by atoms with E-state index < -0.39 is 0 Å². The highest BCUT2D eigenvalue weighted by Crippen LogP contribution is 2.36. The van der Waals surface area contributed by atoms with E-state index in [1.54, 1.807) is 0 Å². The van der Waals surface area contributed by atoms with Crippen LogP contribution in [0.15, 0.2) is 18.2 Å². The van der Waals surface area contributed by atoms with Gasteiger partial charge in [0.05, 0.1) is 5.69 Å². The summed E-state index contributed by atoms with van der Waals surface area (Å²) < 4.78 is 5.93. The Kier molecular flexibility index (Phi) is 5.23. The fourth-order valence-electron chi connectivity index (χ4n) is 2.67. The topological polar surface area (TPSA) is 55.6 Å². The first-order valence-electron chi connectivity index (χ1n) is 7.89. The lowest BCUT2D eigenvalue weighted by atomic mass is 10.0. The molecule has 0 fully saturated rings. The first-order valence-corrected chi connectivity index (χ1v) is 7.89. The van der Waals surface area contributed by atoms with Gasteiger partial charge in [0.25, 0.3) is 5.91 Å². The third-order valence-corrected chi connectivity index (χ3v) is 3.80. The maximum atomic E-state index is 12.6. The smallest absolute Gasteiger partial charge is 0.268 e. The van der Waals surface area contributed by atoms with Gasteiger partial charge in [0, 0.05) is 6.54 Å². The zero-order valence-corrected chi connectivity index (χ0v) is 13.3. The number of nitrogens with two attached hydrogens (primary N) is 1. The Hall–Kier alpha value is -1.55. The van der Waals surface area contributed by atoms with Crippen molar-refractivity contribution in [1.82, 2.24) is 0 Å². The Bertz CT molecular complexity index is 500. The van der Waals surface area contributed by atoms with Gasteiger partial charge in [0.2, 0.25) is 0 Å². The number of ether oxygens (including phenoxy) is 1. The van der Waals surface area contributed by atoms with Crippen molar-refractivity contribution in [3.05, 3.63) is 23.8 Å². The zero-order valence-electron chi connectivity index (χ0n) is 13.3. The number of carbonyl (C=O) groups is 1. The molecule has 0 saturated carbocycles. The monoisotopic (exact) mass is 290 g/mol. The van der Waals surface area contributed by atoms with Crippen LogP contribution in [0, 0.1) is 5.92 Å². The second-order valence-corrected chi connectivity index (χ2v) is 5.97. The summed E-state index contributed by atoms with van der Waals surface area (Å²) in [5.41, 5.74) is 7.69. The number of fused-ring (bicyclic) bond motifs is 1. The van der Waals surface area contributed by atoms with Crippen molar-refractivity contribution < 1.29 is 9.53 Å². The Morgan fingerprint density at radius 3 is 2.76 bits per heavy atom. The number of carbonyl (C=O) groups excluding carboxylic acids is 1. The molecule has 0 spiro atoms. The summed E-state index contributed by atoms with van der Waals surface area (Å²) in [6.45, 7) is 7.55. The van der Waals surface area contributed by atoms with Crippen molar-refractivity contribution in [2.45, 2.75) is 46.1 Å². The molecular formula is C17H26N2O2. The van der Waals surface area contributed by atoms with E-state index >= 15 is 0 Å². The first kappa shape index (κ1) is 15.8. The molecule has 0 saturated heterocycles. The highest BCUT2D eigenvalue weighted by molar-refractivity contribution is 6.00. The fourth-order valence-corrected chi connectivity index (χ4v) is 2.67. The van der Waals surface area contributed by atoms with Crippen LogP contribution >= 0.6 is 0 Å². The minimum atomic E-state index is -0.376. The van der Waals surface area contributed by atoms with Gasteiger partial charge in [-0.15, -0.1) is 0 Å². The predicted octanol–water partition coefficient (Wildman–Crippen LogP) is 2.74. The number of rotatable bonds is 6. The van der Waals surface area contributed by atoms with Crippen molar-refractivity contribution in [3.8, 4) is 5.75 Å². The maximum absolute atomic E-state index is 12.6. The molecule has 2 rings (SSSR count). The second kappa shape index (κ2) is 6.94. The molecule has 1 aromatic rings. The summed E-state index contributed by atoms with van der Waals surface area (Å²) >= 11 is 0. The molecule has 0 aromatic heterocycles. The lowest BCUT2D eigenvalue weighted by Gasteiger charge is -2.36. The van der Waals surface area contributed by atoms with E-state index in [4.69, 9.17) is 10.5 Å². The van der Waals surface area contributed by atoms with Gasteiger partial charge in [0.15, 0.2) is 6.10 Å². The molecule has 1 amide bonds. The van der Waals surface area contributed by atoms with E-state index in [1.165, 1.54) is 5.56 Å². The fraction of sp³-hybridized carbons (Fsp3) is 0.588. The normalized spacial score (nSPS) is 17.9. The van der Waals surface area contributed by atoms with Crippen molar-refractivity contribution in [2.24, 2.45) is 11.7 Å². The van der Waals surface area contributed by atoms with Crippen LogP contribution < -0.4 is 15.4 Å². The van der Waals surface area contributed by atoms with Gasteiger partial charge in [-0.05, 0) is 49.4 Å². The molecule has 1 aromatic carbocycles. The van der Waals surface area contributed by atoms with Crippen LogP contribution in [0.1, 0.15) is 39.2 Å². The van der Waals surface area contributed by atoms with Crippen molar-refractivity contribution in [3.63, 3.8) is 0 Å². The Morgan fingerprint density at radius 1 is 1.38 bits per heavy atom. The molecule has 1 aliphatic heterocycles. The number of hydrogen-bond acceptors (Lipinski definition) is 3. The van der Waals surface area contributed by atoms with Crippen molar-refractivity contribution in [1.29, 1.82) is 0 Å². The molecule has 21 heavy (non-hydrogen) atoms. The van der Waals surface area contributed by atoms with E-state index in [2.05, 4.69) is 19.1 Å². The molecular weight excluding hydrogens is 264 g/mol. The standard InChI is InChI=1S/C17H26N2O2/c1-4-10-19-14-11-13(6-5-9-18)7-8-15(14)21-16(12(2)3)17(19)20/h7-8,11-12,16H,4-6,9-10,18H2,1-3H3. The zero-order chi connectivity index (χ0) is 15.4. The summed E-state index contributed by atoms with van der Waals surface area (Å²) in [5, 5.41) is 0. The molecule has 1 heterocycles. The van der Waals surface area contributed by atoms with Crippen LogP contribution in [0.25, 0.3) is 0 Å². The summed E-state index contributed by atoms with van der Waals surface area (Å²) in [4.78, 5) is 14.5. The van der Waals surface area contributed by atoms with Crippen molar-refractivity contribution in [2.75, 3.05) is 18.0 Å². The third-order valence-electron chi connectivity index (χ3n) is 3.80. The van der Waals surface area contributed by atoms with E-state index in [0.717, 1.165) is 37.2 Å². The van der Waals surface area contributed by atoms with E-state index in [9.17, 15) is 4.79 Å². The first-order chi connectivity index (χ1) is 10.1. The number of anilines is 1. The van der Waals surface area contributed by atoms with E-state index in [0.29, 0.717) is 6.54 Å². The summed E-state index contributed by atoms with van der Waals surface area (Å²) in [7, 11) is 0. The van der Waals surface area contributed by atoms with Gasteiger partial charge in [-0.1, -0.05) is 26.8 Å². The van der Waals surface area contributed by atoms with Crippen LogP contribution in [0.4, 0.5) is 5.69 Å². The van der Waals surface area contributed by atoms with Gasteiger partial charge in [-0.3, -0.25) is 4.79 Å². The summed E-state index contributed by atoms with van der Waals surface area (Å²) in [5.74, 6) is 1.07. The number of nitrogens with zero attached hydrogens (tertiary/aromatic N) is 1. The molecule has 2 N–H and O–H groups in total. The third kappa shape index (κ3) is 3.38. The number of benzene rings is 1. The van der Waals surface area contributed by atoms with Gasteiger partial charge in [-0.2, -0.15) is 0 Å². The number of amides is 1. The molecule has 1 atom stereocenters. The van der Waals surface area contributed by atoms with Gasteiger partial charge >= 0.3 is 0 Å². The average Bonchev–Trinajstić information content (AvgIpc) is 2.47. The maximum Gasteiger partial charge on any atom is 0.268 e. The molecule has 116 valence electrons. The van der Waals surface area contributed by atoms with Gasteiger partial charge < -0.3 is 15.4 Å². The average molecular weight is 290 g/mol. The molecule has 4 heteroatoms.